The molecule has 0 aliphatic heterocycles. The van der Waals surface area contributed by atoms with Crippen molar-refractivity contribution in [1.82, 2.24) is 14.2 Å². The highest BCUT2D eigenvalue weighted by Gasteiger charge is 2.31. The average molecular weight is 462 g/mol. The van der Waals surface area contributed by atoms with E-state index in [0.29, 0.717) is 6.42 Å². The van der Waals surface area contributed by atoms with Crippen LogP contribution >= 0.6 is 0 Å². The second kappa shape index (κ2) is 9.34. The molecule has 0 aliphatic rings. The molecule has 2 aromatic rings. The number of benzene rings is 2. The summed E-state index contributed by atoms with van der Waals surface area (Å²) in [5.74, 6) is 0. The lowest BCUT2D eigenvalue weighted by Gasteiger charge is -2.23. The second-order valence-electron chi connectivity index (χ2n) is 6.11. The fourth-order valence-electron chi connectivity index (χ4n) is 2.13. The standard InChI is InChI=1S/C17H23N3O6S3/c1-3-4-14-27(21,22)18-20(29(25,26)17-8-6-5-7-9-17)19-28(23,24)16-12-10-15(2)11-13-16/h5-14,19H,3-4H2,1-2H3,(H2,18,21,22). The minimum absolute atomic E-state index is 0.0615. The van der Waals surface area contributed by atoms with Gasteiger partial charge >= 0.3 is 0 Å². The van der Waals surface area contributed by atoms with Crippen LogP contribution in [0.25, 0.3) is 0 Å². The van der Waals surface area contributed by atoms with Gasteiger partial charge in [0.05, 0.1) is 9.79 Å². The first-order valence-electron chi connectivity index (χ1n) is 8.55. The van der Waals surface area contributed by atoms with Crippen molar-refractivity contribution < 1.29 is 25.6 Å². The topological polar surface area (TPSA) is 133 Å². The molecule has 9 nitrogen and oxygen atoms in total. The summed E-state index contributed by atoms with van der Waals surface area (Å²) in [6.45, 7) is 3.53. The third-order valence-corrected chi connectivity index (χ3v) is 7.87. The Labute approximate surface area is 171 Å². The molecule has 0 aromatic heterocycles. The van der Waals surface area contributed by atoms with Gasteiger partial charge in [-0.2, -0.15) is 0 Å². The van der Waals surface area contributed by atoms with E-state index in [-0.39, 0.29) is 20.7 Å². The van der Waals surface area contributed by atoms with E-state index in [4.69, 9.17) is 0 Å². The molecular weight excluding hydrogens is 438 g/mol. The van der Waals surface area contributed by atoms with E-state index in [1.807, 2.05) is 9.66 Å². The molecule has 0 saturated carbocycles. The number of unbranched alkanes of at least 4 members (excludes halogenated alkanes) is 1. The van der Waals surface area contributed by atoms with Gasteiger partial charge in [-0.15, -0.1) is 9.66 Å². The van der Waals surface area contributed by atoms with Crippen molar-refractivity contribution in [1.29, 1.82) is 0 Å². The van der Waals surface area contributed by atoms with Crippen LogP contribution in [0, 0.1) is 6.92 Å². The van der Waals surface area contributed by atoms with E-state index >= 15 is 0 Å². The molecular formula is C17H23N3O6S3. The van der Waals surface area contributed by atoms with Crippen molar-refractivity contribution in [2.45, 2.75) is 36.5 Å². The lowest BCUT2D eigenvalue weighted by Crippen LogP contribution is -2.55. The van der Waals surface area contributed by atoms with Crippen LogP contribution in [0.4, 0.5) is 0 Å². The summed E-state index contributed by atoms with van der Waals surface area (Å²) < 4.78 is 73.7. The SMILES string of the molecule is CCCC=S(=O)(O)NN(NS(=O)(=O)c1ccc(C)cc1)S(=O)(=O)c1ccccc1. The number of aryl methyl sites for hydroxylation is 1. The monoisotopic (exact) mass is 461 g/mol. The molecule has 2 rings (SSSR count). The van der Waals surface area contributed by atoms with Gasteiger partial charge in [-0.05, 0) is 42.1 Å². The molecule has 0 saturated heterocycles. The molecule has 0 heterocycles. The Morgan fingerprint density at radius 3 is 2.03 bits per heavy atom. The van der Waals surface area contributed by atoms with Gasteiger partial charge in [-0.1, -0.05) is 49.2 Å². The number of sulfonamides is 2. The molecule has 0 amide bonds. The first-order chi connectivity index (χ1) is 13.5. The molecule has 160 valence electrons. The van der Waals surface area contributed by atoms with Gasteiger partial charge in [-0.3, -0.25) is 0 Å². The van der Waals surface area contributed by atoms with Crippen LogP contribution in [0.3, 0.4) is 0 Å². The zero-order chi connectivity index (χ0) is 21.7. The number of hydrogen-bond donors (Lipinski definition) is 3. The summed E-state index contributed by atoms with van der Waals surface area (Å²) in [6.07, 6.45) is 0.756. The molecule has 0 aliphatic carbocycles. The van der Waals surface area contributed by atoms with Gasteiger partial charge < -0.3 is 4.55 Å². The summed E-state index contributed by atoms with van der Waals surface area (Å²) in [5, 5.41) is 0.987. The predicted octanol–water partition coefficient (Wildman–Crippen LogP) is 1.66. The highest BCUT2D eigenvalue weighted by molar-refractivity contribution is 7.96. The largest absolute Gasteiger partial charge is 0.301 e. The fourth-order valence-corrected chi connectivity index (χ4v) is 6.07. The van der Waals surface area contributed by atoms with Crippen LogP contribution < -0.4 is 9.66 Å². The smallest absolute Gasteiger partial charge is 0.270 e. The first kappa shape index (κ1) is 23.5. The van der Waals surface area contributed by atoms with Crippen LogP contribution in [0.5, 0.6) is 0 Å². The van der Waals surface area contributed by atoms with Gasteiger partial charge in [0.1, 0.15) is 0 Å². The third-order valence-electron chi connectivity index (χ3n) is 3.66. The number of hydrazine groups is 2. The maximum absolute atomic E-state index is 12.9. The zero-order valence-corrected chi connectivity index (χ0v) is 18.3. The fraction of sp³-hybridized carbons (Fsp3) is 0.235. The van der Waals surface area contributed by atoms with Crippen LogP contribution in [-0.4, -0.2) is 35.5 Å². The predicted molar refractivity (Wildman–Crippen MR) is 112 cm³/mol. The van der Waals surface area contributed by atoms with Gasteiger partial charge in [0, 0.05) is 5.37 Å². The normalized spacial score (nSPS) is 14.5. The number of nitrogens with zero attached hydrogens (tertiary/aromatic N) is 1. The summed E-state index contributed by atoms with van der Waals surface area (Å²) in [4.78, 5) is 3.25. The Kier molecular flexibility index (Phi) is 7.56. The molecule has 2 aromatic carbocycles. The van der Waals surface area contributed by atoms with Gasteiger partial charge in [0.15, 0.2) is 9.99 Å². The quantitative estimate of drug-likeness (QED) is 0.384. The Hall–Kier alpha value is -1.80. The lowest BCUT2D eigenvalue weighted by molar-refractivity contribution is 0.338. The molecule has 3 N–H and O–H groups in total. The minimum atomic E-state index is -4.54. The molecule has 0 spiro atoms. The average Bonchev–Trinajstić information content (AvgIpc) is 2.66. The van der Waals surface area contributed by atoms with Gasteiger partial charge in [0.25, 0.3) is 20.0 Å². The van der Waals surface area contributed by atoms with Crippen molar-refractivity contribution in [3.05, 3.63) is 60.2 Å². The number of hydrogen-bond acceptors (Lipinski definition) is 5. The molecule has 12 heteroatoms. The molecule has 1 atom stereocenters. The zero-order valence-electron chi connectivity index (χ0n) is 15.8. The lowest BCUT2D eigenvalue weighted by atomic mass is 10.2. The summed E-state index contributed by atoms with van der Waals surface area (Å²) >= 11 is 0. The van der Waals surface area contributed by atoms with E-state index in [2.05, 4.69) is 0 Å². The highest BCUT2D eigenvalue weighted by atomic mass is 32.2. The maximum atomic E-state index is 12.9. The van der Waals surface area contributed by atoms with E-state index in [1.54, 1.807) is 32.0 Å². The van der Waals surface area contributed by atoms with Crippen LogP contribution in [-0.2, 0) is 30.0 Å². The Balaban J connectivity index is 2.50. The second-order valence-corrected chi connectivity index (χ2v) is 11.2. The van der Waals surface area contributed by atoms with Crippen LogP contribution in [0.15, 0.2) is 64.4 Å². The molecule has 29 heavy (non-hydrogen) atoms. The van der Waals surface area contributed by atoms with Crippen LogP contribution in [0.1, 0.15) is 25.3 Å². The van der Waals surface area contributed by atoms with E-state index in [0.717, 1.165) is 10.9 Å². The molecule has 0 fully saturated rings. The van der Waals surface area contributed by atoms with E-state index in [1.165, 1.54) is 36.4 Å². The van der Waals surface area contributed by atoms with E-state index in [9.17, 15) is 25.6 Å². The Morgan fingerprint density at radius 1 is 0.897 bits per heavy atom. The van der Waals surface area contributed by atoms with Crippen molar-refractivity contribution in [3.63, 3.8) is 0 Å². The highest BCUT2D eigenvalue weighted by Crippen LogP contribution is 2.16. The molecule has 0 radical (unpaired) electrons. The van der Waals surface area contributed by atoms with Crippen LogP contribution in [0.2, 0.25) is 0 Å². The molecule has 1 unspecified atom stereocenters. The molecule has 0 bridgehead atoms. The van der Waals surface area contributed by atoms with Gasteiger partial charge in [-0.25, -0.2) is 21.0 Å². The van der Waals surface area contributed by atoms with E-state index < -0.39 is 30.0 Å². The summed E-state index contributed by atoms with van der Waals surface area (Å²) in [7, 11) is -12.9. The summed E-state index contributed by atoms with van der Waals surface area (Å²) in [5.41, 5.74) is 0.809. The van der Waals surface area contributed by atoms with Crippen molar-refractivity contribution in [3.8, 4) is 0 Å². The minimum Gasteiger partial charge on any atom is -0.301 e. The van der Waals surface area contributed by atoms with Gasteiger partial charge in [0.2, 0.25) is 0 Å². The first-order valence-corrected chi connectivity index (χ1v) is 13.0. The Morgan fingerprint density at radius 2 is 1.48 bits per heavy atom. The van der Waals surface area contributed by atoms with Crippen molar-refractivity contribution in [2.24, 2.45) is 0 Å². The summed E-state index contributed by atoms with van der Waals surface area (Å²) in [6, 6.07) is 12.6. The number of nitrogens with one attached hydrogen (secondary N) is 2. The maximum Gasteiger partial charge on any atom is 0.270 e. The third kappa shape index (κ3) is 6.34. The van der Waals surface area contributed by atoms with Crippen molar-refractivity contribution in [2.75, 3.05) is 0 Å². The van der Waals surface area contributed by atoms with Crippen molar-refractivity contribution >= 4 is 35.4 Å². The Bertz CT molecular complexity index is 1150. The number of rotatable bonds is 9.